The van der Waals surface area contributed by atoms with Crippen molar-refractivity contribution in [3.05, 3.63) is 0 Å². The number of hydrogen-bond acceptors (Lipinski definition) is 3. The van der Waals surface area contributed by atoms with E-state index < -0.39 is 0 Å². The van der Waals surface area contributed by atoms with E-state index >= 15 is 0 Å². The summed E-state index contributed by atoms with van der Waals surface area (Å²) in [5.74, 6) is 1.66. The molecule has 1 aliphatic heterocycles. The van der Waals surface area contributed by atoms with Gasteiger partial charge in [-0.25, -0.2) is 0 Å². The SMILES string of the molecule is CCNC(=NCC1(CCO)CCCCC1)NCC1CCCN(C(C)C)C1. The molecule has 0 aromatic heterocycles. The Hall–Kier alpha value is -0.810. The van der Waals surface area contributed by atoms with Crippen molar-refractivity contribution >= 4 is 5.96 Å². The summed E-state index contributed by atoms with van der Waals surface area (Å²) in [4.78, 5) is 7.53. The molecule has 2 aliphatic rings. The maximum absolute atomic E-state index is 9.51. The Labute approximate surface area is 161 Å². The van der Waals surface area contributed by atoms with Gasteiger partial charge in [-0.15, -0.1) is 0 Å². The van der Waals surface area contributed by atoms with Gasteiger partial charge in [0.05, 0.1) is 0 Å². The van der Waals surface area contributed by atoms with Crippen LogP contribution < -0.4 is 10.6 Å². The number of aliphatic hydroxyl groups is 1. The van der Waals surface area contributed by atoms with E-state index in [1.807, 2.05) is 0 Å². The van der Waals surface area contributed by atoms with Gasteiger partial charge in [0.1, 0.15) is 0 Å². The van der Waals surface area contributed by atoms with E-state index in [-0.39, 0.29) is 12.0 Å². The Morgan fingerprint density at radius 2 is 1.96 bits per heavy atom. The van der Waals surface area contributed by atoms with Crippen LogP contribution in [0.3, 0.4) is 0 Å². The number of likely N-dealkylation sites (tertiary alicyclic amines) is 1. The second-order valence-corrected chi connectivity index (χ2v) is 8.71. The van der Waals surface area contributed by atoms with E-state index in [0.29, 0.717) is 12.0 Å². The molecule has 2 rings (SSSR count). The number of hydrogen-bond donors (Lipinski definition) is 3. The van der Waals surface area contributed by atoms with E-state index in [9.17, 15) is 5.11 Å². The zero-order chi connectivity index (χ0) is 18.8. The molecule has 1 aliphatic carbocycles. The number of aliphatic hydroxyl groups excluding tert-OH is 1. The Bertz CT molecular complexity index is 413. The molecule has 1 saturated carbocycles. The minimum atomic E-state index is 0.217. The van der Waals surface area contributed by atoms with Crippen molar-refractivity contribution in [2.75, 3.05) is 39.3 Å². The van der Waals surface area contributed by atoms with Crippen LogP contribution in [0, 0.1) is 11.3 Å². The Morgan fingerprint density at radius 3 is 2.62 bits per heavy atom. The summed E-state index contributed by atoms with van der Waals surface area (Å²) in [6.07, 6.45) is 9.83. The fourth-order valence-corrected chi connectivity index (χ4v) is 4.59. The lowest BCUT2D eigenvalue weighted by atomic mass is 9.72. The first kappa shape index (κ1) is 21.5. The number of aliphatic imine (C=N–C) groups is 1. The van der Waals surface area contributed by atoms with E-state index in [1.54, 1.807) is 0 Å². The fourth-order valence-electron chi connectivity index (χ4n) is 4.59. The molecule has 1 saturated heterocycles. The van der Waals surface area contributed by atoms with Gasteiger partial charge in [-0.3, -0.25) is 4.99 Å². The second-order valence-electron chi connectivity index (χ2n) is 8.71. The van der Waals surface area contributed by atoms with Gasteiger partial charge in [0, 0.05) is 38.8 Å². The van der Waals surface area contributed by atoms with Gasteiger partial charge in [0.25, 0.3) is 0 Å². The van der Waals surface area contributed by atoms with Crippen molar-refractivity contribution in [1.82, 2.24) is 15.5 Å². The van der Waals surface area contributed by atoms with Gasteiger partial charge in [-0.1, -0.05) is 19.3 Å². The number of piperidine rings is 1. The average molecular weight is 367 g/mol. The van der Waals surface area contributed by atoms with Crippen molar-refractivity contribution in [3.8, 4) is 0 Å². The van der Waals surface area contributed by atoms with Crippen LogP contribution in [0.4, 0.5) is 0 Å². The van der Waals surface area contributed by atoms with Crippen LogP contribution in [0.1, 0.15) is 72.1 Å². The summed E-state index contributed by atoms with van der Waals surface area (Å²) in [7, 11) is 0. The fraction of sp³-hybridized carbons (Fsp3) is 0.952. The third-order valence-corrected chi connectivity index (χ3v) is 6.31. The average Bonchev–Trinajstić information content (AvgIpc) is 2.65. The van der Waals surface area contributed by atoms with Crippen LogP contribution in [-0.2, 0) is 0 Å². The number of nitrogens with zero attached hydrogens (tertiary/aromatic N) is 2. The molecular formula is C21H42N4O. The summed E-state index contributed by atoms with van der Waals surface area (Å²) in [6, 6.07) is 0.643. The number of rotatable bonds is 8. The Kier molecular flexibility index (Phi) is 9.20. The van der Waals surface area contributed by atoms with E-state index in [0.717, 1.165) is 32.0 Å². The van der Waals surface area contributed by atoms with Crippen molar-refractivity contribution in [2.45, 2.75) is 78.2 Å². The molecule has 0 bridgehead atoms. The smallest absolute Gasteiger partial charge is 0.191 e. The molecule has 1 heterocycles. The molecule has 0 aromatic carbocycles. The van der Waals surface area contributed by atoms with E-state index in [2.05, 4.69) is 36.3 Å². The molecule has 0 aromatic rings. The highest BCUT2D eigenvalue weighted by molar-refractivity contribution is 5.79. The normalized spacial score (nSPS) is 24.7. The molecule has 26 heavy (non-hydrogen) atoms. The quantitative estimate of drug-likeness (QED) is 0.456. The lowest BCUT2D eigenvalue weighted by molar-refractivity contribution is 0.136. The summed E-state index contributed by atoms with van der Waals surface area (Å²) in [5.41, 5.74) is 0.217. The molecule has 0 amide bonds. The minimum absolute atomic E-state index is 0.217. The van der Waals surface area contributed by atoms with Crippen molar-refractivity contribution in [2.24, 2.45) is 16.3 Å². The highest BCUT2D eigenvalue weighted by atomic mass is 16.3. The number of nitrogens with one attached hydrogen (secondary N) is 2. The first-order valence-corrected chi connectivity index (χ1v) is 11.0. The van der Waals surface area contributed by atoms with Gasteiger partial charge < -0.3 is 20.6 Å². The largest absolute Gasteiger partial charge is 0.396 e. The van der Waals surface area contributed by atoms with Gasteiger partial charge in [-0.05, 0) is 70.8 Å². The zero-order valence-electron chi connectivity index (χ0n) is 17.4. The van der Waals surface area contributed by atoms with Gasteiger partial charge in [0.15, 0.2) is 5.96 Å². The molecule has 1 unspecified atom stereocenters. The van der Waals surface area contributed by atoms with Crippen LogP contribution in [-0.4, -0.2) is 61.3 Å². The molecule has 2 fully saturated rings. The van der Waals surface area contributed by atoms with Crippen molar-refractivity contribution in [1.29, 1.82) is 0 Å². The topological polar surface area (TPSA) is 59.9 Å². The highest BCUT2D eigenvalue weighted by Crippen LogP contribution is 2.39. The third-order valence-electron chi connectivity index (χ3n) is 6.31. The summed E-state index contributed by atoms with van der Waals surface area (Å²) < 4.78 is 0. The molecule has 1 atom stereocenters. The molecule has 5 nitrogen and oxygen atoms in total. The zero-order valence-corrected chi connectivity index (χ0v) is 17.4. The first-order valence-electron chi connectivity index (χ1n) is 11.0. The van der Waals surface area contributed by atoms with E-state index in [4.69, 9.17) is 4.99 Å². The van der Waals surface area contributed by atoms with E-state index in [1.165, 1.54) is 58.0 Å². The monoisotopic (exact) mass is 366 g/mol. The van der Waals surface area contributed by atoms with Crippen LogP contribution >= 0.6 is 0 Å². The Morgan fingerprint density at radius 1 is 1.19 bits per heavy atom. The van der Waals surface area contributed by atoms with Crippen molar-refractivity contribution < 1.29 is 5.11 Å². The molecular weight excluding hydrogens is 324 g/mol. The van der Waals surface area contributed by atoms with Crippen LogP contribution in [0.15, 0.2) is 4.99 Å². The molecule has 5 heteroatoms. The maximum Gasteiger partial charge on any atom is 0.191 e. The molecule has 152 valence electrons. The van der Waals surface area contributed by atoms with Gasteiger partial charge in [0.2, 0.25) is 0 Å². The summed E-state index contributed by atoms with van der Waals surface area (Å²) in [6.45, 7) is 12.2. The van der Waals surface area contributed by atoms with Crippen LogP contribution in [0.2, 0.25) is 0 Å². The third kappa shape index (κ3) is 6.73. The lowest BCUT2D eigenvalue weighted by Gasteiger charge is -2.36. The molecule has 3 N–H and O–H groups in total. The highest BCUT2D eigenvalue weighted by Gasteiger charge is 2.31. The first-order chi connectivity index (χ1) is 12.6. The Balaban J connectivity index is 1.89. The summed E-state index contributed by atoms with van der Waals surface area (Å²) in [5, 5.41) is 16.5. The molecule has 0 radical (unpaired) electrons. The standard InChI is InChI=1S/C21H42N4O/c1-4-22-20(23-15-19-9-8-13-25(16-19)18(2)3)24-17-21(12-14-26)10-6-5-7-11-21/h18-19,26H,4-17H2,1-3H3,(H2,22,23,24). The van der Waals surface area contributed by atoms with Gasteiger partial charge in [-0.2, -0.15) is 0 Å². The number of guanidine groups is 1. The second kappa shape index (κ2) is 11.1. The summed E-state index contributed by atoms with van der Waals surface area (Å²) >= 11 is 0. The minimum Gasteiger partial charge on any atom is -0.396 e. The van der Waals surface area contributed by atoms with Gasteiger partial charge >= 0.3 is 0 Å². The maximum atomic E-state index is 9.51. The lowest BCUT2D eigenvalue weighted by Crippen LogP contribution is -2.46. The van der Waals surface area contributed by atoms with Crippen molar-refractivity contribution in [3.63, 3.8) is 0 Å². The molecule has 0 spiro atoms. The predicted molar refractivity (Wildman–Crippen MR) is 111 cm³/mol. The predicted octanol–water partition coefficient (Wildman–Crippen LogP) is 2.99. The van der Waals surface area contributed by atoms with Crippen LogP contribution in [0.25, 0.3) is 0 Å². The van der Waals surface area contributed by atoms with Crippen LogP contribution in [0.5, 0.6) is 0 Å².